The van der Waals surface area contributed by atoms with Gasteiger partial charge in [0.15, 0.2) is 0 Å². The van der Waals surface area contributed by atoms with E-state index in [0.717, 1.165) is 16.8 Å². The summed E-state index contributed by atoms with van der Waals surface area (Å²) in [7, 11) is -2.75. The van der Waals surface area contributed by atoms with Crippen LogP contribution in [0.5, 0.6) is 0 Å². The number of halogens is 5. The van der Waals surface area contributed by atoms with Gasteiger partial charge < -0.3 is 0 Å². The number of aromatic nitrogens is 2. The van der Waals surface area contributed by atoms with Crippen LogP contribution in [0.2, 0.25) is 5.15 Å². The predicted octanol–water partition coefficient (Wildman–Crippen LogP) is 3.02. The van der Waals surface area contributed by atoms with Crippen molar-refractivity contribution in [3.05, 3.63) is 46.0 Å². The molecule has 0 bridgehead atoms. The summed E-state index contributed by atoms with van der Waals surface area (Å²) in [6, 6.07) is 2.64. The van der Waals surface area contributed by atoms with Crippen LogP contribution < -0.4 is 4.72 Å². The van der Waals surface area contributed by atoms with Crippen LogP contribution in [0.25, 0.3) is 0 Å². The molecule has 0 aliphatic heterocycles. The molecule has 132 valence electrons. The standard InChI is InChI=1S/C13H12ClF4N3O2S/c1-7-11(12(14)21(2)20-7)24(22,23)19-6-8-4-3-5-9(10(8)15)13(16,17)18/h3-5,19H,6H2,1-2H3. The Morgan fingerprint density at radius 2 is 1.96 bits per heavy atom. The molecule has 5 nitrogen and oxygen atoms in total. The first-order chi connectivity index (χ1) is 10.9. The van der Waals surface area contributed by atoms with Crippen LogP contribution in [0.15, 0.2) is 23.1 Å². The van der Waals surface area contributed by atoms with Crippen LogP contribution in [-0.4, -0.2) is 18.2 Å². The van der Waals surface area contributed by atoms with Crippen molar-refractivity contribution in [3.8, 4) is 0 Å². The average Bonchev–Trinajstić information content (AvgIpc) is 2.70. The Hall–Kier alpha value is -1.65. The Morgan fingerprint density at radius 3 is 2.46 bits per heavy atom. The van der Waals surface area contributed by atoms with E-state index in [0.29, 0.717) is 6.07 Å². The van der Waals surface area contributed by atoms with Crippen LogP contribution >= 0.6 is 11.6 Å². The summed E-state index contributed by atoms with van der Waals surface area (Å²) in [5.74, 6) is -1.53. The Labute approximate surface area is 140 Å². The number of nitrogens with zero attached hydrogens (tertiary/aromatic N) is 2. The molecule has 1 heterocycles. The minimum atomic E-state index is -4.87. The van der Waals surface area contributed by atoms with Crippen LogP contribution in [-0.2, 0) is 29.8 Å². The number of rotatable bonds is 4. The Bertz CT molecular complexity index is 878. The zero-order chi connectivity index (χ0) is 18.3. The van der Waals surface area contributed by atoms with E-state index >= 15 is 0 Å². The molecule has 0 unspecified atom stereocenters. The van der Waals surface area contributed by atoms with Gasteiger partial charge in [0.2, 0.25) is 10.0 Å². The predicted molar refractivity (Wildman–Crippen MR) is 78.4 cm³/mol. The fourth-order valence-corrected chi connectivity index (χ4v) is 3.85. The third kappa shape index (κ3) is 3.55. The third-order valence-electron chi connectivity index (χ3n) is 3.21. The molecule has 0 aliphatic rings. The van der Waals surface area contributed by atoms with E-state index in [9.17, 15) is 26.0 Å². The number of hydrogen-bond donors (Lipinski definition) is 1. The lowest BCUT2D eigenvalue weighted by Gasteiger charge is -2.12. The highest BCUT2D eigenvalue weighted by molar-refractivity contribution is 7.89. The maximum absolute atomic E-state index is 13.9. The fraction of sp³-hybridized carbons (Fsp3) is 0.308. The lowest BCUT2D eigenvalue weighted by Crippen LogP contribution is -2.25. The average molecular weight is 386 g/mol. The summed E-state index contributed by atoms with van der Waals surface area (Å²) in [5.41, 5.74) is -1.79. The van der Waals surface area contributed by atoms with Crippen LogP contribution in [0.3, 0.4) is 0 Å². The number of sulfonamides is 1. The molecule has 0 atom stereocenters. The lowest BCUT2D eigenvalue weighted by molar-refractivity contribution is -0.140. The third-order valence-corrected chi connectivity index (χ3v) is 5.30. The van der Waals surface area contributed by atoms with Gasteiger partial charge in [0.1, 0.15) is 15.9 Å². The topological polar surface area (TPSA) is 64.0 Å². The molecule has 0 radical (unpaired) electrons. The summed E-state index contributed by atoms with van der Waals surface area (Å²) < 4.78 is 79.6. The molecule has 2 rings (SSSR count). The second-order valence-corrected chi connectivity index (χ2v) is 6.99. The monoisotopic (exact) mass is 385 g/mol. The molecule has 0 fully saturated rings. The molecular formula is C13H12ClF4N3O2S. The zero-order valence-electron chi connectivity index (χ0n) is 12.4. The van der Waals surface area contributed by atoms with Gasteiger partial charge in [-0.1, -0.05) is 23.7 Å². The normalized spacial score (nSPS) is 12.6. The minimum Gasteiger partial charge on any atom is -0.255 e. The van der Waals surface area contributed by atoms with Crippen molar-refractivity contribution in [1.82, 2.24) is 14.5 Å². The zero-order valence-corrected chi connectivity index (χ0v) is 14.0. The van der Waals surface area contributed by atoms with Gasteiger partial charge in [0.25, 0.3) is 0 Å². The summed E-state index contributed by atoms with van der Waals surface area (Å²) in [4.78, 5) is -0.306. The molecule has 1 N–H and O–H groups in total. The lowest BCUT2D eigenvalue weighted by atomic mass is 10.1. The Balaban J connectivity index is 2.31. The largest absolute Gasteiger partial charge is 0.419 e. The molecule has 1 aromatic carbocycles. The van der Waals surface area contributed by atoms with Crippen LogP contribution in [0.4, 0.5) is 17.6 Å². The minimum absolute atomic E-state index is 0.111. The van der Waals surface area contributed by atoms with E-state index in [-0.39, 0.29) is 15.7 Å². The van der Waals surface area contributed by atoms with Crippen molar-refractivity contribution in [2.75, 3.05) is 0 Å². The van der Waals surface area contributed by atoms with E-state index in [2.05, 4.69) is 5.10 Å². The second-order valence-electron chi connectivity index (χ2n) is 4.93. The molecule has 2 aromatic rings. The molecule has 1 aromatic heterocycles. The van der Waals surface area contributed by atoms with E-state index < -0.39 is 39.7 Å². The Morgan fingerprint density at radius 1 is 1.33 bits per heavy atom. The van der Waals surface area contributed by atoms with Crippen molar-refractivity contribution >= 4 is 21.6 Å². The summed E-state index contributed by atoms with van der Waals surface area (Å²) >= 11 is 5.86. The molecule has 0 aliphatic carbocycles. The van der Waals surface area contributed by atoms with E-state index in [1.807, 2.05) is 4.72 Å². The van der Waals surface area contributed by atoms with Gasteiger partial charge in [-0.3, -0.25) is 4.68 Å². The Kier molecular flexibility index (Phi) is 4.93. The second kappa shape index (κ2) is 6.34. The van der Waals surface area contributed by atoms with Crippen molar-refractivity contribution in [1.29, 1.82) is 0 Å². The van der Waals surface area contributed by atoms with Gasteiger partial charge in [-0.05, 0) is 13.0 Å². The molecule has 24 heavy (non-hydrogen) atoms. The molecule has 0 amide bonds. The van der Waals surface area contributed by atoms with Gasteiger partial charge in [0, 0.05) is 19.2 Å². The number of aryl methyl sites for hydroxylation is 2. The SMILES string of the molecule is Cc1nn(C)c(Cl)c1S(=O)(=O)NCc1cccc(C(F)(F)F)c1F. The highest BCUT2D eigenvalue weighted by atomic mass is 35.5. The van der Waals surface area contributed by atoms with E-state index in [4.69, 9.17) is 11.6 Å². The van der Waals surface area contributed by atoms with Crippen LogP contribution in [0, 0.1) is 12.7 Å². The first-order valence-corrected chi connectivity index (χ1v) is 8.34. The molecule has 11 heteroatoms. The summed E-state index contributed by atoms with van der Waals surface area (Å²) in [6.07, 6.45) is -4.87. The summed E-state index contributed by atoms with van der Waals surface area (Å²) in [6.45, 7) is 0.744. The fourth-order valence-electron chi connectivity index (χ4n) is 2.10. The maximum atomic E-state index is 13.9. The number of nitrogens with one attached hydrogen (secondary N) is 1. The van der Waals surface area contributed by atoms with Gasteiger partial charge >= 0.3 is 6.18 Å². The number of hydrogen-bond acceptors (Lipinski definition) is 3. The first-order valence-electron chi connectivity index (χ1n) is 6.48. The van der Waals surface area contributed by atoms with Gasteiger partial charge in [-0.25, -0.2) is 17.5 Å². The van der Waals surface area contributed by atoms with Gasteiger partial charge in [-0.15, -0.1) is 0 Å². The number of alkyl halides is 3. The molecule has 0 saturated heterocycles. The molecule has 0 spiro atoms. The highest BCUT2D eigenvalue weighted by Crippen LogP contribution is 2.32. The van der Waals surface area contributed by atoms with E-state index in [1.54, 1.807) is 0 Å². The quantitative estimate of drug-likeness (QED) is 0.823. The van der Waals surface area contributed by atoms with E-state index in [1.165, 1.54) is 14.0 Å². The van der Waals surface area contributed by atoms with Gasteiger partial charge in [-0.2, -0.15) is 18.3 Å². The first kappa shape index (κ1) is 18.7. The molecule has 0 saturated carbocycles. The number of benzene rings is 1. The smallest absolute Gasteiger partial charge is 0.255 e. The van der Waals surface area contributed by atoms with Gasteiger partial charge in [0.05, 0.1) is 11.3 Å². The summed E-state index contributed by atoms with van der Waals surface area (Å²) in [5, 5.41) is 3.68. The van der Waals surface area contributed by atoms with Crippen molar-refractivity contribution in [2.45, 2.75) is 24.5 Å². The molecular weight excluding hydrogens is 374 g/mol. The van der Waals surface area contributed by atoms with Crippen molar-refractivity contribution in [2.24, 2.45) is 7.05 Å². The maximum Gasteiger partial charge on any atom is 0.419 e. The van der Waals surface area contributed by atoms with Crippen LogP contribution in [0.1, 0.15) is 16.8 Å². The van der Waals surface area contributed by atoms with Crippen molar-refractivity contribution < 1.29 is 26.0 Å². The highest BCUT2D eigenvalue weighted by Gasteiger charge is 2.35. The van der Waals surface area contributed by atoms with Crippen molar-refractivity contribution in [3.63, 3.8) is 0 Å².